The number of carbonyl (C=O) groups is 1. The number of azo groups is 1. The molecule has 5 heteroatoms. The first-order valence-electron chi connectivity index (χ1n) is 11.7. The quantitative estimate of drug-likeness (QED) is 0.129. The normalized spacial score (nSPS) is 12.0. The van der Waals surface area contributed by atoms with Crippen LogP contribution in [-0.4, -0.2) is 12.6 Å². The van der Waals surface area contributed by atoms with Crippen LogP contribution in [0.5, 0.6) is 11.5 Å². The van der Waals surface area contributed by atoms with Crippen molar-refractivity contribution >= 4 is 17.3 Å². The molecular formula is C28H32N2O3. The summed E-state index contributed by atoms with van der Waals surface area (Å²) in [7, 11) is 0. The smallest absolute Gasteiger partial charge is 0.343 e. The molecule has 3 rings (SSSR count). The van der Waals surface area contributed by atoms with Crippen molar-refractivity contribution in [3.05, 3.63) is 83.9 Å². The van der Waals surface area contributed by atoms with Crippen molar-refractivity contribution < 1.29 is 14.3 Å². The number of hydrogen-bond acceptors (Lipinski definition) is 5. The van der Waals surface area contributed by atoms with E-state index in [1.807, 2.05) is 12.1 Å². The summed E-state index contributed by atoms with van der Waals surface area (Å²) >= 11 is 0. The van der Waals surface area contributed by atoms with Gasteiger partial charge >= 0.3 is 5.97 Å². The number of hydrogen-bond donors (Lipinski definition) is 0. The second kappa shape index (κ2) is 12.5. The molecular weight excluding hydrogens is 412 g/mol. The largest absolute Gasteiger partial charge is 0.494 e. The van der Waals surface area contributed by atoms with Crippen LogP contribution < -0.4 is 9.47 Å². The Morgan fingerprint density at radius 1 is 0.788 bits per heavy atom. The minimum absolute atomic E-state index is 0.414. The molecule has 0 bridgehead atoms. The van der Waals surface area contributed by atoms with Gasteiger partial charge in [0.05, 0.1) is 23.5 Å². The molecule has 0 heterocycles. The zero-order chi connectivity index (χ0) is 23.5. The van der Waals surface area contributed by atoms with E-state index in [2.05, 4.69) is 43.1 Å². The zero-order valence-electron chi connectivity index (χ0n) is 19.7. The van der Waals surface area contributed by atoms with E-state index in [1.165, 1.54) is 5.56 Å². The van der Waals surface area contributed by atoms with Crippen molar-refractivity contribution in [2.24, 2.45) is 10.2 Å². The van der Waals surface area contributed by atoms with Crippen LogP contribution in [0.25, 0.3) is 0 Å². The molecule has 3 aromatic carbocycles. The van der Waals surface area contributed by atoms with E-state index in [-0.39, 0.29) is 0 Å². The van der Waals surface area contributed by atoms with Crippen LogP contribution in [0.3, 0.4) is 0 Å². The van der Waals surface area contributed by atoms with E-state index in [4.69, 9.17) is 9.47 Å². The van der Waals surface area contributed by atoms with Gasteiger partial charge in [0.2, 0.25) is 0 Å². The first-order valence-corrected chi connectivity index (χ1v) is 11.7. The predicted molar refractivity (Wildman–Crippen MR) is 132 cm³/mol. The lowest BCUT2D eigenvalue weighted by Crippen LogP contribution is -2.08. The Hall–Kier alpha value is -3.47. The minimum atomic E-state index is -0.414. The lowest BCUT2D eigenvalue weighted by molar-refractivity contribution is 0.0734. The van der Waals surface area contributed by atoms with Gasteiger partial charge in [0.15, 0.2) is 0 Å². The molecule has 0 fully saturated rings. The number of rotatable bonds is 11. The maximum atomic E-state index is 12.4. The third kappa shape index (κ3) is 7.56. The van der Waals surface area contributed by atoms with E-state index in [0.717, 1.165) is 37.1 Å². The molecule has 0 aliphatic carbocycles. The standard InChI is InChI=1S/C28H32N2O3/c1-4-6-7-20-32-26-16-10-23(11-17-26)28(31)33-27-18-14-25(15-19-27)30-29-24-12-8-22(9-13-24)21(3)5-2/h8-19,21H,4-7,20H2,1-3H3/t21-/m0/s1. The fourth-order valence-corrected chi connectivity index (χ4v) is 3.20. The maximum absolute atomic E-state index is 12.4. The van der Waals surface area contributed by atoms with E-state index >= 15 is 0 Å². The number of nitrogens with zero attached hydrogens (tertiary/aromatic N) is 2. The van der Waals surface area contributed by atoms with E-state index < -0.39 is 5.97 Å². The third-order valence-electron chi connectivity index (χ3n) is 5.51. The van der Waals surface area contributed by atoms with E-state index in [9.17, 15) is 4.79 Å². The molecule has 0 unspecified atom stereocenters. The monoisotopic (exact) mass is 444 g/mol. The third-order valence-corrected chi connectivity index (χ3v) is 5.51. The first-order chi connectivity index (χ1) is 16.1. The van der Waals surface area contributed by atoms with Crippen molar-refractivity contribution in [2.45, 2.75) is 52.4 Å². The summed E-state index contributed by atoms with van der Waals surface area (Å²) in [6, 6.07) is 22.1. The average Bonchev–Trinajstić information content (AvgIpc) is 2.86. The first kappa shape index (κ1) is 24.2. The molecule has 0 aromatic heterocycles. The van der Waals surface area contributed by atoms with Crippen LogP contribution in [-0.2, 0) is 0 Å². The molecule has 0 saturated carbocycles. The van der Waals surface area contributed by atoms with E-state index in [1.54, 1.807) is 48.5 Å². The highest BCUT2D eigenvalue weighted by atomic mass is 16.5. The van der Waals surface area contributed by atoms with Gasteiger partial charge in [-0.15, -0.1) is 0 Å². The number of ether oxygens (including phenoxy) is 2. The van der Waals surface area contributed by atoms with Crippen molar-refractivity contribution in [1.29, 1.82) is 0 Å². The molecule has 172 valence electrons. The summed E-state index contributed by atoms with van der Waals surface area (Å²) in [4.78, 5) is 12.4. The molecule has 0 saturated heterocycles. The van der Waals surface area contributed by atoms with Crippen LogP contribution in [0.1, 0.15) is 68.3 Å². The lowest BCUT2D eigenvalue weighted by atomic mass is 9.99. The molecule has 3 aromatic rings. The SMILES string of the molecule is CCCCCOc1ccc(C(=O)Oc2ccc(N=Nc3ccc([C@@H](C)CC)cc3)cc2)cc1. The molecule has 1 atom stereocenters. The maximum Gasteiger partial charge on any atom is 0.343 e. The molecule has 0 aliphatic rings. The molecule has 0 spiro atoms. The number of carbonyl (C=O) groups excluding carboxylic acids is 1. The Morgan fingerprint density at radius 2 is 1.36 bits per heavy atom. The van der Waals surface area contributed by atoms with Gasteiger partial charge in [-0.25, -0.2) is 4.79 Å². The van der Waals surface area contributed by atoms with Gasteiger partial charge in [0.25, 0.3) is 0 Å². The minimum Gasteiger partial charge on any atom is -0.494 e. The highest BCUT2D eigenvalue weighted by molar-refractivity contribution is 5.91. The summed E-state index contributed by atoms with van der Waals surface area (Å²) < 4.78 is 11.1. The Kier molecular flexibility index (Phi) is 9.19. The van der Waals surface area contributed by atoms with Crippen LogP contribution in [0, 0.1) is 0 Å². The average molecular weight is 445 g/mol. The number of esters is 1. The summed E-state index contributed by atoms with van der Waals surface area (Å²) in [5.74, 6) is 1.33. The molecule has 5 nitrogen and oxygen atoms in total. The van der Waals surface area contributed by atoms with Crippen LogP contribution in [0.2, 0.25) is 0 Å². The number of benzene rings is 3. The number of unbranched alkanes of at least 4 members (excludes halogenated alkanes) is 2. The van der Waals surface area contributed by atoms with Gasteiger partial charge in [0.1, 0.15) is 11.5 Å². The van der Waals surface area contributed by atoms with Crippen molar-refractivity contribution in [3.63, 3.8) is 0 Å². The van der Waals surface area contributed by atoms with Gasteiger partial charge in [-0.3, -0.25) is 0 Å². The van der Waals surface area contributed by atoms with Gasteiger partial charge < -0.3 is 9.47 Å². The Bertz CT molecular complexity index is 1030. The fraction of sp³-hybridized carbons (Fsp3) is 0.321. The van der Waals surface area contributed by atoms with Gasteiger partial charge in [0, 0.05) is 0 Å². The molecule has 0 aliphatic heterocycles. The molecule has 0 radical (unpaired) electrons. The van der Waals surface area contributed by atoms with Crippen LogP contribution in [0.4, 0.5) is 11.4 Å². The summed E-state index contributed by atoms with van der Waals surface area (Å²) in [6.07, 6.45) is 4.44. The van der Waals surface area contributed by atoms with Crippen molar-refractivity contribution in [1.82, 2.24) is 0 Å². The highest BCUT2D eigenvalue weighted by Gasteiger charge is 2.09. The van der Waals surface area contributed by atoms with Crippen molar-refractivity contribution in [3.8, 4) is 11.5 Å². The Labute approximate surface area is 196 Å². The lowest BCUT2D eigenvalue weighted by Gasteiger charge is -2.08. The zero-order valence-corrected chi connectivity index (χ0v) is 19.7. The summed E-state index contributed by atoms with van der Waals surface area (Å²) in [5.41, 5.74) is 3.26. The van der Waals surface area contributed by atoms with Gasteiger partial charge in [-0.05, 0) is 85.0 Å². The Balaban J connectivity index is 1.52. The van der Waals surface area contributed by atoms with Crippen LogP contribution in [0.15, 0.2) is 83.0 Å². The van der Waals surface area contributed by atoms with Gasteiger partial charge in [-0.1, -0.05) is 45.7 Å². The highest BCUT2D eigenvalue weighted by Crippen LogP contribution is 2.25. The molecule has 0 N–H and O–H groups in total. The topological polar surface area (TPSA) is 60.2 Å². The Morgan fingerprint density at radius 3 is 1.94 bits per heavy atom. The van der Waals surface area contributed by atoms with E-state index in [0.29, 0.717) is 29.5 Å². The second-order valence-corrected chi connectivity index (χ2v) is 8.06. The summed E-state index contributed by atoms with van der Waals surface area (Å²) in [6.45, 7) is 7.24. The molecule has 33 heavy (non-hydrogen) atoms. The van der Waals surface area contributed by atoms with Crippen molar-refractivity contribution in [2.75, 3.05) is 6.61 Å². The van der Waals surface area contributed by atoms with Crippen LogP contribution >= 0.6 is 0 Å². The predicted octanol–water partition coefficient (Wildman–Crippen LogP) is 8.40. The second-order valence-electron chi connectivity index (χ2n) is 8.06. The molecule has 0 amide bonds. The summed E-state index contributed by atoms with van der Waals surface area (Å²) in [5, 5.41) is 8.55. The van der Waals surface area contributed by atoms with Gasteiger partial charge in [-0.2, -0.15) is 10.2 Å². The fourth-order valence-electron chi connectivity index (χ4n) is 3.20.